The van der Waals surface area contributed by atoms with Crippen LogP contribution in [0.5, 0.6) is 11.5 Å². The molecule has 4 unspecified atom stereocenters. The topological polar surface area (TPSA) is 125 Å². The third-order valence-corrected chi connectivity index (χ3v) is 8.12. The average Bonchev–Trinajstić information content (AvgIpc) is 3.40. The van der Waals surface area contributed by atoms with Gasteiger partial charge in [0, 0.05) is 36.2 Å². The highest BCUT2D eigenvalue weighted by Crippen LogP contribution is 2.51. The van der Waals surface area contributed by atoms with Crippen molar-refractivity contribution in [1.29, 1.82) is 0 Å². The number of benzene rings is 2. The first-order chi connectivity index (χ1) is 20.8. The van der Waals surface area contributed by atoms with Crippen molar-refractivity contribution in [3.8, 4) is 11.5 Å². The minimum Gasteiger partial charge on any atom is -0.493 e. The third kappa shape index (κ3) is 7.43. The zero-order valence-corrected chi connectivity index (χ0v) is 24.8. The molecule has 2 aromatic carbocycles. The molecule has 4 rings (SSSR count). The van der Waals surface area contributed by atoms with Crippen LogP contribution in [0.2, 0.25) is 0 Å². The van der Waals surface area contributed by atoms with E-state index in [1.54, 1.807) is 29.2 Å². The molecule has 43 heavy (non-hydrogen) atoms. The standard InChI is InChI=1S/C33H41FN2O7/c1-3-4-5-6-7-11-28(39)36(14-12-21-9-8-10-23(34)16-21)26-19-25(33(41)35-13-15-37)29-24-17-22(20-38)18-27(42-2)31(24)43-32(29)30(26)40/h8-10,16-20,26,29-30,32,37,40H,3-7,11-15H2,1-2H3,(H,35,41). The number of nitrogens with zero attached hydrogens (tertiary/aromatic N) is 1. The smallest absolute Gasteiger partial charge is 0.247 e. The maximum absolute atomic E-state index is 13.9. The lowest BCUT2D eigenvalue weighted by atomic mass is 9.77. The largest absolute Gasteiger partial charge is 0.493 e. The summed E-state index contributed by atoms with van der Waals surface area (Å²) in [6.45, 7) is 2.04. The Hall–Kier alpha value is -3.76. The lowest BCUT2D eigenvalue weighted by Gasteiger charge is -2.41. The molecule has 10 heteroatoms. The summed E-state index contributed by atoms with van der Waals surface area (Å²) in [6.07, 6.45) is 5.46. The molecule has 0 fully saturated rings. The molecular weight excluding hydrogens is 555 g/mol. The summed E-state index contributed by atoms with van der Waals surface area (Å²) in [7, 11) is 1.44. The van der Waals surface area contributed by atoms with E-state index in [4.69, 9.17) is 9.47 Å². The molecular formula is C33H41FN2O7. The van der Waals surface area contributed by atoms with Gasteiger partial charge < -0.3 is 29.9 Å². The van der Waals surface area contributed by atoms with Gasteiger partial charge in [0.2, 0.25) is 11.8 Å². The molecule has 9 nitrogen and oxygen atoms in total. The van der Waals surface area contributed by atoms with Gasteiger partial charge in [0.1, 0.15) is 24.3 Å². The molecule has 2 aliphatic rings. The summed E-state index contributed by atoms with van der Waals surface area (Å²) < 4.78 is 25.6. The van der Waals surface area contributed by atoms with Crippen molar-refractivity contribution >= 4 is 18.1 Å². The SMILES string of the molecule is CCCCCCCC(=O)N(CCc1cccc(F)c1)C1C=C(C(=O)NCCO)C2c3cc(C=O)cc(OC)c3OC2C1O. The second-order valence-corrected chi connectivity index (χ2v) is 11.0. The van der Waals surface area contributed by atoms with Crippen molar-refractivity contribution in [1.82, 2.24) is 10.2 Å². The van der Waals surface area contributed by atoms with Gasteiger partial charge in [-0.15, -0.1) is 0 Å². The van der Waals surface area contributed by atoms with E-state index in [1.165, 1.54) is 25.3 Å². The van der Waals surface area contributed by atoms with Gasteiger partial charge in [-0.05, 0) is 48.7 Å². The highest BCUT2D eigenvalue weighted by Gasteiger charge is 2.51. The van der Waals surface area contributed by atoms with E-state index < -0.39 is 30.1 Å². The Bertz CT molecular complexity index is 1330. The van der Waals surface area contributed by atoms with Crippen LogP contribution in [0.1, 0.15) is 72.9 Å². The average molecular weight is 597 g/mol. The summed E-state index contributed by atoms with van der Waals surface area (Å²) in [6, 6.07) is 8.37. The fourth-order valence-electron chi connectivity index (χ4n) is 5.96. The number of aldehydes is 1. The molecule has 0 saturated heterocycles. The van der Waals surface area contributed by atoms with Crippen LogP contribution < -0.4 is 14.8 Å². The van der Waals surface area contributed by atoms with Crippen molar-refractivity contribution in [3.05, 3.63) is 70.6 Å². The molecule has 2 aromatic rings. The number of carbonyl (C=O) groups excluding carboxylic acids is 3. The Labute approximate surface area is 251 Å². The highest BCUT2D eigenvalue weighted by molar-refractivity contribution is 5.96. The van der Waals surface area contributed by atoms with E-state index in [-0.39, 0.29) is 43.4 Å². The van der Waals surface area contributed by atoms with Crippen molar-refractivity contribution in [2.75, 3.05) is 26.8 Å². The molecule has 0 radical (unpaired) electrons. The van der Waals surface area contributed by atoms with E-state index in [9.17, 15) is 29.0 Å². The number of hydrogen-bond donors (Lipinski definition) is 3. The quantitative estimate of drug-likeness (QED) is 0.212. The lowest BCUT2D eigenvalue weighted by Crippen LogP contribution is -2.56. The number of unbranched alkanes of at least 4 members (excludes halogenated alkanes) is 4. The Morgan fingerprint density at radius 3 is 2.65 bits per heavy atom. The minimum atomic E-state index is -1.23. The summed E-state index contributed by atoms with van der Waals surface area (Å²) in [5, 5.41) is 23.8. The highest BCUT2D eigenvalue weighted by atomic mass is 19.1. The number of carbonyl (C=O) groups is 3. The number of ether oxygens (including phenoxy) is 2. The molecule has 3 N–H and O–H groups in total. The number of fused-ring (bicyclic) bond motifs is 3. The van der Waals surface area contributed by atoms with Crippen molar-refractivity contribution in [2.45, 2.75) is 76.0 Å². The van der Waals surface area contributed by atoms with Crippen LogP contribution >= 0.6 is 0 Å². The second-order valence-electron chi connectivity index (χ2n) is 11.0. The Morgan fingerprint density at radius 1 is 1.16 bits per heavy atom. The molecule has 0 spiro atoms. The van der Waals surface area contributed by atoms with Crippen molar-refractivity contribution in [2.24, 2.45) is 0 Å². The molecule has 1 aliphatic carbocycles. The Kier molecular flexibility index (Phi) is 11.3. The Balaban J connectivity index is 1.72. The van der Waals surface area contributed by atoms with Gasteiger partial charge >= 0.3 is 0 Å². The number of rotatable bonds is 15. The van der Waals surface area contributed by atoms with Crippen molar-refractivity contribution in [3.63, 3.8) is 0 Å². The zero-order chi connectivity index (χ0) is 30.9. The van der Waals surface area contributed by atoms with Gasteiger partial charge in [-0.25, -0.2) is 4.39 Å². The van der Waals surface area contributed by atoms with Crippen LogP contribution in [0.15, 0.2) is 48.0 Å². The van der Waals surface area contributed by atoms with E-state index >= 15 is 0 Å². The van der Waals surface area contributed by atoms with Crippen LogP contribution in [-0.4, -0.2) is 78.3 Å². The summed E-state index contributed by atoms with van der Waals surface area (Å²) in [4.78, 5) is 40.5. The van der Waals surface area contributed by atoms with Crippen LogP contribution in [0.25, 0.3) is 0 Å². The second kappa shape index (κ2) is 15.1. The Morgan fingerprint density at radius 2 is 1.95 bits per heavy atom. The predicted octanol–water partition coefficient (Wildman–Crippen LogP) is 3.70. The monoisotopic (exact) mass is 596 g/mol. The molecule has 1 heterocycles. The van der Waals surface area contributed by atoms with Crippen LogP contribution in [0, 0.1) is 5.82 Å². The maximum atomic E-state index is 13.9. The molecule has 0 aromatic heterocycles. The summed E-state index contributed by atoms with van der Waals surface area (Å²) in [5.74, 6) is -1.18. The van der Waals surface area contributed by atoms with Gasteiger partial charge in [-0.1, -0.05) is 44.7 Å². The van der Waals surface area contributed by atoms with E-state index in [2.05, 4.69) is 12.2 Å². The van der Waals surface area contributed by atoms with Gasteiger partial charge in [0.05, 0.1) is 25.7 Å². The predicted molar refractivity (Wildman–Crippen MR) is 159 cm³/mol. The van der Waals surface area contributed by atoms with Gasteiger partial charge in [-0.3, -0.25) is 14.4 Å². The third-order valence-electron chi connectivity index (χ3n) is 8.12. The molecule has 232 valence electrons. The number of methoxy groups -OCH3 is 1. The molecule has 4 atom stereocenters. The van der Waals surface area contributed by atoms with Gasteiger partial charge in [0.25, 0.3) is 0 Å². The number of aliphatic hydroxyl groups excluding tert-OH is 2. The molecule has 2 amide bonds. The lowest BCUT2D eigenvalue weighted by molar-refractivity contribution is -0.137. The molecule has 1 aliphatic heterocycles. The zero-order valence-electron chi connectivity index (χ0n) is 24.8. The van der Waals surface area contributed by atoms with E-state index in [0.29, 0.717) is 47.3 Å². The van der Waals surface area contributed by atoms with E-state index in [0.717, 1.165) is 25.7 Å². The number of amides is 2. The fraction of sp³-hybridized carbons (Fsp3) is 0.485. The van der Waals surface area contributed by atoms with E-state index in [1.807, 2.05) is 0 Å². The molecule has 0 saturated carbocycles. The van der Waals surface area contributed by atoms with Crippen LogP contribution in [0.4, 0.5) is 4.39 Å². The first kappa shape index (κ1) is 32.2. The van der Waals surface area contributed by atoms with Gasteiger partial charge in [0.15, 0.2) is 11.5 Å². The normalized spacial score (nSPS) is 20.3. The molecule has 0 bridgehead atoms. The number of nitrogens with one attached hydrogen (secondary N) is 1. The van der Waals surface area contributed by atoms with Crippen LogP contribution in [-0.2, 0) is 16.0 Å². The first-order valence-corrected chi connectivity index (χ1v) is 15.0. The number of hydrogen-bond acceptors (Lipinski definition) is 7. The summed E-state index contributed by atoms with van der Waals surface area (Å²) in [5.41, 5.74) is 1.79. The maximum Gasteiger partial charge on any atom is 0.247 e. The minimum absolute atomic E-state index is 0.00612. The summed E-state index contributed by atoms with van der Waals surface area (Å²) >= 11 is 0. The number of aliphatic hydroxyl groups is 2. The van der Waals surface area contributed by atoms with Gasteiger partial charge in [-0.2, -0.15) is 0 Å². The fourth-order valence-corrected chi connectivity index (χ4v) is 5.96. The van der Waals surface area contributed by atoms with Crippen LogP contribution in [0.3, 0.4) is 0 Å². The van der Waals surface area contributed by atoms with Crippen molar-refractivity contribution < 1.29 is 38.5 Å². The number of halogens is 1. The first-order valence-electron chi connectivity index (χ1n) is 15.0.